The Balaban J connectivity index is 0.000000902. The largest absolute Gasteiger partial charge is 0.315 e. The molecule has 1 N–H and O–H groups in total. The minimum atomic E-state index is 0. The molecule has 3 rings (SSSR count). The summed E-state index contributed by atoms with van der Waals surface area (Å²) >= 11 is 0. The molecule has 106 valence electrons. The van der Waals surface area contributed by atoms with E-state index in [1.54, 1.807) is 0 Å². The zero-order chi connectivity index (χ0) is 11.7. The monoisotopic (exact) mass is 302 g/mol. The number of piperidine rings is 2. The third kappa shape index (κ3) is 3.69. The second-order valence-electron chi connectivity index (χ2n) is 5.13. The number of carbonyl (C=O) groups excluding carboxylic acids is 1. The maximum absolute atomic E-state index is 11.9. The van der Waals surface area contributed by atoms with Gasteiger partial charge < -0.3 is 5.32 Å². The Bertz CT molecular complexity index is 397. The van der Waals surface area contributed by atoms with Crippen LogP contribution in [0.2, 0.25) is 0 Å². The third-order valence-corrected chi connectivity index (χ3v) is 3.79. The molecule has 0 radical (unpaired) electrons. The number of likely N-dealkylation sites (tertiary alicyclic amines) is 1. The molecular weight excluding hydrogens is 283 g/mol. The van der Waals surface area contributed by atoms with Gasteiger partial charge in [0.25, 0.3) is 0 Å². The van der Waals surface area contributed by atoms with Crippen LogP contribution in [-0.2, 0) is 11.3 Å². The molecular formula is C14H20Cl2N2O. The molecule has 2 aliphatic rings. The van der Waals surface area contributed by atoms with E-state index in [2.05, 4.69) is 34.5 Å². The topological polar surface area (TPSA) is 32.3 Å². The van der Waals surface area contributed by atoms with Gasteiger partial charge in [-0.15, -0.1) is 24.8 Å². The van der Waals surface area contributed by atoms with E-state index in [1.807, 2.05) is 6.07 Å². The number of nitrogens with one attached hydrogen (secondary N) is 1. The highest BCUT2D eigenvalue weighted by atomic mass is 35.5. The predicted octanol–water partition coefficient (Wildman–Crippen LogP) is 1.75. The number of hydrogen-bond donors (Lipinski definition) is 1. The summed E-state index contributed by atoms with van der Waals surface area (Å²) in [4.78, 5) is 14.4. The Kier molecular flexibility index (Phi) is 6.27. The van der Waals surface area contributed by atoms with Gasteiger partial charge in [-0.25, -0.2) is 0 Å². The lowest BCUT2D eigenvalue weighted by atomic mass is 9.84. The third-order valence-electron chi connectivity index (χ3n) is 3.79. The molecule has 1 aromatic carbocycles. The van der Waals surface area contributed by atoms with Crippen molar-refractivity contribution in [3.8, 4) is 0 Å². The van der Waals surface area contributed by atoms with Gasteiger partial charge in [-0.3, -0.25) is 9.69 Å². The van der Waals surface area contributed by atoms with Crippen molar-refractivity contribution in [1.82, 2.24) is 10.2 Å². The number of ketones is 1. The molecule has 0 aromatic heterocycles. The van der Waals surface area contributed by atoms with E-state index < -0.39 is 0 Å². The van der Waals surface area contributed by atoms with E-state index in [0.717, 1.165) is 32.7 Å². The number of fused-ring (bicyclic) bond motifs is 2. The van der Waals surface area contributed by atoms with E-state index in [0.29, 0.717) is 5.78 Å². The van der Waals surface area contributed by atoms with Crippen LogP contribution in [0.5, 0.6) is 0 Å². The standard InChI is InChI=1S/C14H18N2O.2ClH/c17-14-12-6-15-7-13(14)10-16(9-12)8-11-4-2-1-3-5-11;;/h1-5,12-13,15H,6-10H2;2*1H. The number of halogens is 2. The Morgan fingerprint density at radius 3 is 2.21 bits per heavy atom. The fourth-order valence-electron chi connectivity index (χ4n) is 2.94. The van der Waals surface area contributed by atoms with Crippen LogP contribution in [0.1, 0.15) is 5.56 Å². The summed E-state index contributed by atoms with van der Waals surface area (Å²) < 4.78 is 0. The van der Waals surface area contributed by atoms with Crippen LogP contribution in [0.4, 0.5) is 0 Å². The summed E-state index contributed by atoms with van der Waals surface area (Å²) in [5.41, 5.74) is 1.34. The van der Waals surface area contributed by atoms with Crippen LogP contribution in [-0.4, -0.2) is 36.9 Å². The fraction of sp³-hybridized carbons (Fsp3) is 0.500. The molecule has 5 heteroatoms. The lowest BCUT2D eigenvalue weighted by Gasteiger charge is -2.40. The average molecular weight is 303 g/mol. The van der Waals surface area contributed by atoms with Crippen molar-refractivity contribution in [3.63, 3.8) is 0 Å². The van der Waals surface area contributed by atoms with Gasteiger partial charge in [0, 0.05) is 44.6 Å². The van der Waals surface area contributed by atoms with Gasteiger partial charge in [-0.1, -0.05) is 30.3 Å². The first-order chi connectivity index (χ1) is 8.33. The van der Waals surface area contributed by atoms with Crippen molar-refractivity contribution in [1.29, 1.82) is 0 Å². The Labute approximate surface area is 126 Å². The number of Topliss-reactive ketones (excluding diaryl/α,β-unsaturated/α-hetero) is 1. The van der Waals surface area contributed by atoms with Crippen LogP contribution in [0.25, 0.3) is 0 Å². The van der Waals surface area contributed by atoms with Gasteiger partial charge >= 0.3 is 0 Å². The highest BCUT2D eigenvalue weighted by Gasteiger charge is 2.37. The van der Waals surface area contributed by atoms with E-state index in [9.17, 15) is 4.79 Å². The smallest absolute Gasteiger partial charge is 0.144 e. The number of nitrogens with zero attached hydrogens (tertiary/aromatic N) is 1. The highest BCUT2D eigenvalue weighted by Crippen LogP contribution is 2.22. The second-order valence-corrected chi connectivity index (χ2v) is 5.13. The van der Waals surface area contributed by atoms with Gasteiger partial charge in [0.05, 0.1) is 0 Å². The number of carbonyl (C=O) groups is 1. The molecule has 2 aliphatic heterocycles. The molecule has 0 saturated carbocycles. The average Bonchev–Trinajstić information content (AvgIpc) is 2.32. The molecule has 2 heterocycles. The second kappa shape index (κ2) is 7.25. The van der Waals surface area contributed by atoms with Crippen molar-refractivity contribution in [2.24, 2.45) is 11.8 Å². The van der Waals surface area contributed by atoms with E-state index in [4.69, 9.17) is 0 Å². The summed E-state index contributed by atoms with van der Waals surface area (Å²) in [5.74, 6) is 0.908. The first-order valence-electron chi connectivity index (χ1n) is 6.33. The molecule has 0 aliphatic carbocycles. The molecule has 2 saturated heterocycles. The SMILES string of the molecule is Cl.Cl.O=C1C2CNCC1CN(Cc1ccccc1)C2. The van der Waals surface area contributed by atoms with Gasteiger partial charge in [0.2, 0.25) is 0 Å². The molecule has 2 atom stereocenters. The number of hydrogen-bond acceptors (Lipinski definition) is 3. The lowest BCUT2D eigenvalue weighted by Crippen LogP contribution is -2.56. The van der Waals surface area contributed by atoms with E-state index in [1.165, 1.54) is 5.56 Å². The Hall–Kier alpha value is -0.610. The van der Waals surface area contributed by atoms with E-state index >= 15 is 0 Å². The molecule has 3 nitrogen and oxygen atoms in total. The summed E-state index contributed by atoms with van der Waals surface area (Å²) in [6.07, 6.45) is 0. The predicted molar refractivity (Wildman–Crippen MR) is 81.1 cm³/mol. The molecule has 2 bridgehead atoms. The fourth-order valence-corrected chi connectivity index (χ4v) is 2.94. The number of rotatable bonds is 2. The lowest BCUT2D eigenvalue weighted by molar-refractivity contribution is -0.133. The van der Waals surface area contributed by atoms with Crippen molar-refractivity contribution in [2.45, 2.75) is 6.54 Å². The molecule has 2 fully saturated rings. The van der Waals surface area contributed by atoms with Crippen molar-refractivity contribution >= 4 is 30.6 Å². The molecule has 1 aromatic rings. The van der Waals surface area contributed by atoms with Crippen molar-refractivity contribution in [3.05, 3.63) is 35.9 Å². The highest BCUT2D eigenvalue weighted by molar-refractivity contribution is 5.86. The Morgan fingerprint density at radius 2 is 1.63 bits per heavy atom. The van der Waals surface area contributed by atoms with Crippen molar-refractivity contribution < 1.29 is 4.79 Å². The summed E-state index contributed by atoms with van der Waals surface area (Å²) in [5, 5.41) is 3.35. The quantitative estimate of drug-likeness (QED) is 0.903. The zero-order valence-corrected chi connectivity index (χ0v) is 12.4. The van der Waals surface area contributed by atoms with Gasteiger partial charge in [0.15, 0.2) is 0 Å². The summed E-state index contributed by atoms with van der Waals surface area (Å²) in [6.45, 7) is 4.52. The molecule has 0 spiro atoms. The minimum Gasteiger partial charge on any atom is -0.315 e. The molecule has 19 heavy (non-hydrogen) atoms. The van der Waals surface area contributed by atoms with Crippen LogP contribution < -0.4 is 5.32 Å². The zero-order valence-electron chi connectivity index (χ0n) is 10.7. The van der Waals surface area contributed by atoms with Gasteiger partial charge in [0.1, 0.15) is 5.78 Å². The number of benzene rings is 1. The maximum atomic E-state index is 11.9. The normalized spacial score (nSPS) is 26.2. The van der Waals surface area contributed by atoms with Crippen LogP contribution >= 0.6 is 24.8 Å². The van der Waals surface area contributed by atoms with E-state index in [-0.39, 0.29) is 36.6 Å². The first-order valence-corrected chi connectivity index (χ1v) is 6.33. The first kappa shape index (κ1) is 16.4. The summed E-state index contributed by atoms with van der Waals surface area (Å²) in [6, 6.07) is 10.5. The van der Waals surface area contributed by atoms with Crippen molar-refractivity contribution in [2.75, 3.05) is 26.2 Å². The minimum absolute atomic E-state index is 0. The molecule has 2 unspecified atom stereocenters. The molecule has 0 amide bonds. The van der Waals surface area contributed by atoms with Gasteiger partial charge in [-0.2, -0.15) is 0 Å². The van der Waals surface area contributed by atoms with Crippen LogP contribution in [0.3, 0.4) is 0 Å². The maximum Gasteiger partial charge on any atom is 0.144 e. The van der Waals surface area contributed by atoms with Gasteiger partial charge in [-0.05, 0) is 5.56 Å². The summed E-state index contributed by atoms with van der Waals surface area (Å²) in [7, 11) is 0. The van der Waals surface area contributed by atoms with Crippen LogP contribution in [0, 0.1) is 11.8 Å². The Morgan fingerprint density at radius 1 is 1.05 bits per heavy atom. The van der Waals surface area contributed by atoms with Crippen LogP contribution in [0.15, 0.2) is 30.3 Å².